The normalized spacial score (nSPS) is 19.2. The van der Waals surface area contributed by atoms with Crippen molar-refractivity contribution in [2.75, 3.05) is 0 Å². The van der Waals surface area contributed by atoms with Gasteiger partial charge in [-0.15, -0.1) is 0 Å². The molecule has 1 aromatic rings. The highest BCUT2D eigenvalue weighted by Gasteiger charge is 2.38. The van der Waals surface area contributed by atoms with Gasteiger partial charge in [-0.05, 0) is 19.8 Å². The van der Waals surface area contributed by atoms with Gasteiger partial charge in [-0.3, -0.25) is 9.97 Å². The Hall–Kier alpha value is -0.960. The van der Waals surface area contributed by atoms with E-state index in [1.54, 1.807) is 12.4 Å². The number of nitrogens with zero attached hydrogens (tertiary/aromatic N) is 2. The van der Waals surface area contributed by atoms with Crippen molar-refractivity contribution in [3.63, 3.8) is 0 Å². The summed E-state index contributed by atoms with van der Waals surface area (Å²) >= 11 is 0. The van der Waals surface area contributed by atoms with Crippen molar-refractivity contribution in [3.05, 3.63) is 23.8 Å². The van der Waals surface area contributed by atoms with E-state index in [2.05, 4.69) is 9.97 Å². The summed E-state index contributed by atoms with van der Waals surface area (Å²) in [4.78, 5) is 8.43. The molecule has 0 saturated heterocycles. The monoisotopic (exact) mass is 163 g/mol. The van der Waals surface area contributed by atoms with Gasteiger partial charge in [0.25, 0.3) is 0 Å². The molecule has 1 saturated carbocycles. The smallest absolute Gasteiger partial charge is 0.0634 e. The fraction of sp³-hybridized carbons (Fsp3) is 0.556. The van der Waals surface area contributed by atoms with Crippen LogP contribution in [0.5, 0.6) is 0 Å². The summed E-state index contributed by atoms with van der Waals surface area (Å²) in [6.45, 7) is 1.98. The van der Waals surface area contributed by atoms with Crippen molar-refractivity contribution in [2.24, 2.45) is 5.73 Å². The predicted molar refractivity (Wildman–Crippen MR) is 46.6 cm³/mol. The summed E-state index contributed by atoms with van der Waals surface area (Å²) in [7, 11) is 0. The van der Waals surface area contributed by atoms with E-state index < -0.39 is 0 Å². The summed E-state index contributed by atoms with van der Waals surface area (Å²) in [6.07, 6.45) is 6.59. The molecule has 0 aliphatic heterocycles. The molecule has 0 amide bonds. The third-order valence-electron chi connectivity index (χ3n) is 2.39. The van der Waals surface area contributed by atoms with E-state index in [0.717, 1.165) is 30.7 Å². The Morgan fingerprint density at radius 3 is 2.67 bits per heavy atom. The maximum atomic E-state index is 5.98. The van der Waals surface area contributed by atoms with Gasteiger partial charge in [0.15, 0.2) is 0 Å². The van der Waals surface area contributed by atoms with Crippen molar-refractivity contribution in [1.82, 2.24) is 9.97 Å². The van der Waals surface area contributed by atoms with Crippen molar-refractivity contribution in [2.45, 2.75) is 31.7 Å². The van der Waals surface area contributed by atoms with E-state index >= 15 is 0 Å². The molecule has 3 heteroatoms. The first-order valence-corrected chi connectivity index (χ1v) is 4.25. The minimum absolute atomic E-state index is 0.0425. The number of hydrogen-bond donors (Lipinski definition) is 1. The molecule has 1 aliphatic rings. The highest BCUT2D eigenvalue weighted by molar-refractivity contribution is 5.16. The number of nitrogens with two attached hydrogens (primary N) is 1. The average molecular weight is 163 g/mol. The molecule has 12 heavy (non-hydrogen) atoms. The zero-order valence-corrected chi connectivity index (χ0v) is 7.25. The van der Waals surface area contributed by atoms with E-state index in [-0.39, 0.29) is 5.54 Å². The maximum absolute atomic E-state index is 5.98. The van der Waals surface area contributed by atoms with Gasteiger partial charge in [-0.1, -0.05) is 0 Å². The standard InChI is InChI=1S/C9H13N3/c1-7-8(12-5-4-11-7)6-9(10)2-3-9/h4-5H,2-3,6,10H2,1H3. The Balaban J connectivity index is 2.17. The van der Waals surface area contributed by atoms with Gasteiger partial charge in [0.05, 0.1) is 11.4 Å². The minimum atomic E-state index is 0.0425. The molecule has 1 heterocycles. The van der Waals surface area contributed by atoms with Crippen molar-refractivity contribution in [1.29, 1.82) is 0 Å². The summed E-state index contributed by atoms with van der Waals surface area (Å²) in [5.74, 6) is 0. The molecule has 1 aliphatic carbocycles. The Kier molecular flexibility index (Phi) is 1.61. The van der Waals surface area contributed by atoms with E-state index in [1.807, 2.05) is 6.92 Å². The molecule has 64 valence electrons. The van der Waals surface area contributed by atoms with Crippen LogP contribution in [0, 0.1) is 6.92 Å². The lowest BCUT2D eigenvalue weighted by molar-refractivity contribution is 0.652. The Morgan fingerprint density at radius 1 is 1.42 bits per heavy atom. The largest absolute Gasteiger partial charge is 0.325 e. The Bertz CT molecular complexity index is 292. The zero-order chi connectivity index (χ0) is 8.60. The van der Waals surface area contributed by atoms with Gasteiger partial charge in [0.1, 0.15) is 0 Å². The van der Waals surface area contributed by atoms with Crippen molar-refractivity contribution < 1.29 is 0 Å². The average Bonchev–Trinajstić information content (AvgIpc) is 2.74. The number of hydrogen-bond acceptors (Lipinski definition) is 3. The maximum Gasteiger partial charge on any atom is 0.0634 e. The van der Waals surface area contributed by atoms with Crippen LogP contribution in [0.3, 0.4) is 0 Å². The zero-order valence-electron chi connectivity index (χ0n) is 7.25. The molecule has 0 atom stereocenters. The predicted octanol–water partition coefficient (Wildman–Crippen LogP) is 0.819. The second-order valence-corrected chi connectivity index (χ2v) is 3.63. The molecule has 1 fully saturated rings. The van der Waals surface area contributed by atoms with Crippen LogP contribution < -0.4 is 5.73 Å². The van der Waals surface area contributed by atoms with Gasteiger partial charge in [0, 0.05) is 24.4 Å². The SMILES string of the molecule is Cc1nccnc1CC1(N)CC1. The first-order valence-electron chi connectivity index (χ1n) is 4.25. The van der Waals surface area contributed by atoms with E-state index in [9.17, 15) is 0 Å². The molecule has 2 rings (SSSR count). The first-order chi connectivity index (χ1) is 5.70. The highest BCUT2D eigenvalue weighted by Crippen LogP contribution is 2.35. The molecule has 1 aromatic heterocycles. The van der Waals surface area contributed by atoms with Crippen molar-refractivity contribution >= 4 is 0 Å². The van der Waals surface area contributed by atoms with Gasteiger partial charge in [-0.2, -0.15) is 0 Å². The Labute approximate surface area is 72.0 Å². The van der Waals surface area contributed by atoms with Crippen LogP contribution in [-0.2, 0) is 6.42 Å². The molecule has 0 bridgehead atoms. The summed E-state index contributed by atoms with van der Waals surface area (Å²) in [5.41, 5.74) is 8.08. The van der Waals surface area contributed by atoms with E-state index in [4.69, 9.17) is 5.73 Å². The van der Waals surface area contributed by atoms with Crippen LogP contribution in [-0.4, -0.2) is 15.5 Å². The van der Waals surface area contributed by atoms with Crippen LogP contribution in [0.2, 0.25) is 0 Å². The van der Waals surface area contributed by atoms with Crippen LogP contribution in [0.15, 0.2) is 12.4 Å². The van der Waals surface area contributed by atoms with Crippen LogP contribution in [0.25, 0.3) is 0 Å². The third kappa shape index (κ3) is 1.46. The van der Waals surface area contributed by atoms with Crippen LogP contribution in [0.1, 0.15) is 24.2 Å². The van der Waals surface area contributed by atoms with Gasteiger partial charge in [-0.25, -0.2) is 0 Å². The molecule has 3 nitrogen and oxygen atoms in total. The van der Waals surface area contributed by atoms with Gasteiger partial charge < -0.3 is 5.73 Å². The fourth-order valence-corrected chi connectivity index (χ4v) is 1.28. The summed E-state index contributed by atoms with van der Waals surface area (Å²) < 4.78 is 0. The van der Waals surface area contributed by atoms with E-state index in [1.165, 1.54) is 0 Å². The molecule has 0 aromatic carbocycles. The van der Waals surface area contributed by atoms with Gasteiger partial charge in [0.2, 0.25) is 0 Å². The quantitative estimate of drug-likeness (QED) is 0.702. The summed E-state index contributed by atoms with van der Waals surface area (Å²) in [6, 6.07) is 0. The minimum Gasteiger partial charge on any atom is -0.325 e. The number of aromatic nitrogens is 2. The molecule has 0 radical (unpaired) electrons. The topological polar surface area (TPSA) is 51.8 Å². The fourth-order valence-electron chi connectivity index (χ4n) is 1.28. The first kappa shape index (κ1) is 7.68. The summed E-state index contributed by atoms with van der Waals surface area (Å²) in [5, 5.41) is 0. The van der Waals surface area contributed by atoms with Crippen LogP contribution >= 0.6 is 0 Å². The molecule has 0 spiro atoms. The molecular formula is C9H13N3. The highest BCUT2D eigenvalue weighted by atomic mass is 14.9. The molecule has 2 N–H and O–H groups in total. The lowest BCUT2D eigenvalue weighted by atomic mass is 10.1. The second kappa shape index (κ2) is 2.52. The molecular weight excluding hydrogens is 150 g/mol. The van der Waals surface area contributed by atoms with E-state index in [0.29, 0.717) is 0 Å². The number of rotatable bonds is 2. The Morgan fingerprint density at radius 2 is 2.08 bits per heavy atom. The second-order valence-electron chi connectivity index (χ2n) is 3.63. The molecule has 0 unspecified atom stereocenters. The lowest BCUT2D eigenvalue weighted by Gasteiger charge is -2.08. The van der Waals surface area contributed by atoms with Crippen LogP contribution in [0.4, 0.5) is 0 Å². The number of aryl methyl sites for hydroxylation is 1. The lowest BCUT2D eigenvalue weighted by Crippen LogP contribution is -2.25. The van der Waals surface area contributed by atoms with Crippen molar-refractivity contribution in [3.8, 4) is 0 Å². The van der Waals surface area contributed by atoms with Gasteiger partial charge >= 0.3 is 0 Å². The third-order valence-corrected chi connectivity index (χ3v) is 2.39.